The van der Waals surface area contributed by atoms with Crippen LogP contribution in [0.15, 0.2) is 47.4 Å². The molecular weight excluding hydrogens is 340 g/mol. The molecule has 0 spiro atoms. The average Bonchev–Trinajstić information content (AvgIpc) is 2.97. The minimum absolute atomic E-state index is 0.00139. The van der Waals surface area contributed by atoms with E-state index >= 15 is 0 Å². The topological polar surface area (TPSA) is 83.6 Å². The third-order valence-electron chi connectivity index (χ3n) is 4.16. The minimum atomic E-state index is -3.29. The van der Waals surface area contributed by atoms with Crippen molar-refractivity contribution in [2.24, 2.45) is 0 Å². The van der Waals surface area contributed by atoms with Crippen LogP contribution in [-0.2, 0) is 21.1 Å². The number of fused-ring (bicyclic) bond motifs is 1. The Kier molecular flexibility index (Phi) is 4.34. The van der Waals surface area contributed by atoms with Crippen molar-refractivity contribution >= 4 is 33.0 Å². The zero-order chi connectivity index (χ0) is 18.2. The molecule has 1 aliphatic heterocycles. The molecule has 2 aromatic carbocycles. The number of amides is 2. The van der Waals surface area contributed by atoms with Gasteiger partial charge in [0, 0.05) is 36.7 Å². The molecule has 0 bridgehead atoms. The molecule has 1 heterocycles. The van der Waals surface area contributed by atoms with Gasteiger partial charge in [-0.15, -0.1) is 0 Å². The second-order valence-corrected chi connectivity index (χ2v) is 8.03. The van der Waals surface area contributed by atoms with Crippen molar-refractivity contribution in [3.63, 3.8) is 0 Å². The molecule has 0 saturated heterocycles. The highest BCUT2D eigenvalue weighted by Crippen LogP contribution is 2.30. The van der Waals surface area contributed by atoms with Gasteiger partial charge in [0.2, 0.25) is 5.91 Å². The second-order valence-electron chi connectivity index (χ2n) is 6.01. The normalized spacial score (nSPS) is 13.4. The van der Waals surface area contributed by atoms with Gasteiger partial charge in [-0.25, -0.2) is 8.42 Å². The van der Waals surface area contributed by atoms with Gasteiger partial charge >= 0.3 is 0 Å². The molecule has 6 nitrogen and oxygen atoms in total. The predicted octanol–water partition coefficient (Wildman–Crippen LogP) is 2.25. The van der Waals surface area contributed by atoms with Crippen LogP contribution in [0.5, 0.6) is 0 Å². The highest BCUT2D eigenvalue weighted by molar-refractivity contribution is 7.90. The number of carbonyl (C=O) groups excluding carboxylic acids is 2. The first kappa shape index (κ1) is 17.2. The Balaban J connectivity index is 1.77. The summed E-state index contributed by atoms with van der Waals surface area (Å²) in [6, 6.07) is 11.2. The molecule has 1 aliphatic rings. The van der Waals surface area contributed by atoms with E-state index in [1.54, 1.807) is 11.0 Å². The number of nitrogens with one attached hydrogen (secondary N) is 1. The van der Waals surface area contributed by atoms with E-state index in [1.807, 2.05) is 12.1 Å². The highest BCUT2D eigenvalue weighted by atomic mass is 32.2. The number of benzene rings is 2. The van der Waals surface area contributed by atoms with Gasteiger partial charge in [0.05, 0.1) is 4.90 Å². The predicted molar refractivity (Wildman–Crippen MR) is 95.7 cm³/mol. The summed E-state index contributed by atoms with van der Waals surface area (Å²) in [6.07, 6.45) is 1.87. The Morgan fingerprint density at radius 1 is 1.08 bits per heavy atom. The van der Waals surface area contributed by atoms with E-state index < -0.39 is 9.84 Å². The third-order valence-corrected chi connectivity index (χ3v) is 5.29. The lowest BCUT2D eigenvalue weighted by molar-refractivity contribution is -0.116. The second kappa shape index (κ2) is 6.33. The number of nitrogens with zero attached hydrogens (tertiary/aromatic N) is 1. The molecule has 25 heavy (non-hydrogen) atoms. The van der Waals surface area contributed by atoms with Gasteiger partial charge < -0.3 is 10.2 Å². The maximum Gasteiger partial charge on any atom is 0.255 e. The number of hydrogen-bond acceptors (Lipinski definition) is 4. The summed E-state index contributed by atoms with van der Waals surface area (Å²) in [6.45, 7) is 2.18. The van der Waals surface area contributed by atoms with E-state index in [-0.39, 0.29) is 16.7 Å². The van der Waals surface area contributed by atoms with E-state index in [2.05, 4.69) is 5.32 Å². The van der Waals surface area contributed by atoms with Crippen molar-refractivity contribution in [3.05, 3.63) is 53.6 Å². The van der Waals surface area contributed by atoms with Crippen molar-refractivity contribution in [3.8, 4) is 0 Å². The number of anilines is 2. The maximum atomic E-state index is 12.3. The molecule has 0 aliphatic carbocycles. The fourth-order valence-electron chi connectivity index (χ4n) is 2.86. The molecular formula is C18H18N2O4S. The van der Waals surface area contributed by atoms with Gasteiger partial charge in [-0.05, 0) is 54.4 Å². The quantitative estimate of drug-likeness (QED) is 0.912. The third kappa shape index (κ3) is 3.56. The average molecular weight is 358 g/mol. The lowest BCUT2D eigenvalue weighted by Gasteiger charge is -2.15. The van der Waals surface area contributed by atoms with Crippen molar-refractivity contribution in [1.29, 1.82) is 0 Å². The monoisotopic (exact) mass is 358 g/mol. The molecule has 3 rings (SSSR count). The SMILES string of the molecule is CC(=O)N1CCc2cc(NC(=O)c3ccc(S(C)(=O)=O)cc3)ccc21. The largest absolute Gasteiger partial charge is 0.322 e. The summed E-state index contributed by atoms with van der Waals surface area (Å²) in [7, 11) is -3.29. The molecule has 0 radical (unpaired) electrons. The van der Waals surface area contributed by atoms with Crippen LogP contribution in [0, 0.1) is 0 Å². The Morgan fingerprint density at radius 2 is 1.76 bits per heavy atom. The van der Waals surface area contributed by atoms with Gasteiger partial charge in [-0.1, -0.05) is 0 Å². The van der Waals surface area contributed by atoms with Gasteiger partial charge in [0.15, 0.2) is 9.84 Å². The summed E-state index contributed by atoms with van der Waals surface area (Å²) >= 11 is 0. The summed E-state index contributed by atoms with van der Waals surface area (Å²) in [5, 5.41) is 2.80. The Labute approximate surface area is 146 Å². The van der Waals surface area contributed by atoms with E-state index in [0.29, 0.717) is 17.8 Å². The smallest absolute Gasteiger partial charge is 0.255 e. The summed E-state index contributed by atoms with van der Waals surface area (Å²) in [5.41, 5.74) is 2.91. The van der Waals surface area contributed by atoms with Crippen molar-refractivity contribution < 1.29 is 18.0 Å². The van der Waals surface area contributed by atoms with Crippen molar-refractivity contribution in [2.75, 3.05) is 23.0 Å². The van der Waals surface area contributed by atoms with E-state index in [1.165, 1.54) is 31.2 Å². The standard InChI is InChI=1S/C18H18N2O4S/c1-12(21)20-10-9-14-11-15(5-8-17(14)20)19-18(22)13-3-6-16(7-4-13)25(2,23)24/h3-8,11H,9-10H2,1-2H3,(H,19,22). The van der Waals surface area contributed by atoms with Crippen molar-refractivity contribution in [1.82, 2.24) is 0 Å². The first-order chi connectivity index (χ1) is 11.8. The molecule has 0 atom stereocenters. The molecule has 2 aromatic rings. The summed E-state index contributed by atoms with van der Waals surface area (Å²) in [5.74, 6) is -0.317. The molecule has 0 unspecified atom stereocenters. The highest BCUT2D eigenvalue weighted by Gasteiger charge is 2.22. The molecule has 0 saturated carbocycles. The van der Waals surface area contributed by atoms with Crippen molar-refractivity contribution in [2.45, 2.75) is 18.2 Å². The number of hydrogen-bond donors (Lipinski definition) is 1. The van der Waals surface area contributed by atoms with Crippen LogP contribution in [0.25, 0.3) is 0 Å². The van der Waals surface area contributed by atoms with Gasteiger partial charge in [0.25, 0.3) is 5.91 Å². The van der Waals surface area contributed by atoms with E-state index in [4.69, 9.17) is 0 Å². The lowest BCUT2D eigenvalue weighted by atomic mass is 10.1. The molecule has 7 heteroatoms. The Bertz CT molecular complexity index is 950. The fraction of sp³-hybridized carbons (Fsp3) is 0.222. The Hall–Kier alpha value is -2.67. The van der Waals surface area contributed by atoms with Crippen LogP contribution < -0.4 is 10.2 Å². The Morgan fingerprint density at radius 3 is 2.36 bits per heavy atom. The molecule has 2 amide bonds. The van der Waals surface area contributed by atoms with Crippen LogP contribution in [0.2, 0.25) is 0 Å². The van der Waals surface area contributed by atoms with E-state index in [0.717, 1.165) is 23.9 Å². The lowest BCUT2D eigenvalue weighted by Crippen LogP contribution is -2.25. The van der Waals surface area contributed by atoms with E-state index in [9.17, 15) is 18.0 Å². The van der Waals surface area contributed by atoms with Crippen LogP contribution in [-0.4, -0.2) is 33.0 Å². The van der Waals surface area contributed by atoms with Gasteiger partial charge in [0.1, 0.15) is 0 Å². The van der Waals surface area contributed by atoms with Gasteiger partial charge in [-0.3, -0.25) is 9.59 Å². The van der Waals surface area contributed by atoms with Crippen LogP contribution in [0.1, 0.15) is 22.8 Å². The number of carbonyl (C=O) groups is 2. The zero-order valence-electron chi connectivity index (χ0n) is 13.9. The first-order valence-corrected chi connectivity index (χ1v) is 9.67. The molecule has 0 aromatic heterocycles. The molecule has 130 valence electrons. The zero-order valence-corrected chi connectivity index (χ0v) is 14.8. The maximum absolute atomic E-state index is 12.3. The van der Waals surface area contributed by atoms with Crippen LogP contribution >= 0.6 is 0 Å². The van der Waals surface area contributed by atoms with Gasteiger partial charge in [-0.2, -0.15) is 0 Å². The van der Waals surface area contributed by atoms with Crippen LogP contribution in [0.4, 0.5) is 11.4 Å². The van der Waals surface area contributed by atoms with Crippen LogP contribution in [0.3, 0.4) is 0 Å². The molecule has 0 fully saturated rings. The summed E-state index contributed by atoms with van der Waals surface area (Å²) < 4.78 is 22.9. The summed E-state index contributed by atoms with van der Waals surface area (Å²) in [4.78, 5) is 25.8. The first-order valence-electron chi connectivity index (χ1n) is 7.78. The fourth-order valence-corrected chi connectivity index (χ4v) is 3.49. The molecule has 1 N–H and O–H groups in total. The minimum Gasteiger partial charge on any atom is -0.322 e. The number of rotatable bonds is 3. The number of sulfone groups is 1.